The van der Waals surface area contributed by atoms with Crippen LogP contribution in [0.15, 0.2) is 36.0 Å². The average molecular weight is 305 g/mol. The van der Waals surface area contributed by atoms with Crippen LogP contribution in [-0.2, 0) is 9.22 Å². The second-order valence-corrected chi connectivity index (χ2v) is 12.4. The molecule has 0 fully saturated rings. The van der Waals surface area contributed by atoms with E-state index in [0.717, 1.165) is 24.8 Å². The number of carbonyl (C=O) groups excluding carboxylic acids is 1. The van der Waals surface area contributed by atoms with Gasteiger partial charge in [-0.25, -0.2) is 0 Å². The lowest BCUT2D eigenvalue weighted by molar-refractivity contribution is -0.111. The predicted octanol–water partition coefficient (Wildman–Crippen LogP) is 4.80. The van der Waals surface area contributed by atoms with E-state index in [1.165, 1.54) is 0 Å². The third-order valence-corrected chi connectivity index (χ3v) is 9.52. The van der Waals surface area contributed by atoms with Crippen molar-refractivity contribution in [3.63, 3.8) is 0 Å². The van der Waals surface area contributed by atoms with E-state index in [9.17, 15) is 4.79 Å². The van der Waals surface area contributed by atoms with Gasteiger partial charge in [0.2, 0.25) is 0 Å². The summed E-state index contributed by atoms with van der Waals surface area (Å²) in [5.74, 6) is 0.460. The highest BCUT2D eigenvalue weighted by Gasteiger charge is 2.39. The molecule has 116 valence electrons. The van der Waals surface area contributed by atoms with Gasteiger partial charge in [0.05, 0.1) is 6.10 Å². The van der Waals surface area contributed by atoms with Crippen molar-refractivity contribution < 1.29 is 9.22 Å². The number of hydrogen-bond donors (Lipinski definition) is 0. The fourth-order valence-electron chi connectivity index (χ4n) is 2.58. The molecule has 2 nitrogen and oxygen atoms in total. The molecule has 1 unspecified atom stereocenters. The Hall–Kier alpha value is -0.933. The first-order chi connectivity index (χ1) is 9.71. The molecule has 2 atom stereocenters. The topological polar surface area (TPSA) is 26.3 Å². The Bertz CT molecular complexity index is 492. The van der Waals surface area contributed by atoms with Gasteiger partial charge in [0.1, 0.15) is 0 Å². The molecule has 0 aliphatic heterocycles. The van der Waals surface area contributed by atoms with Gasteiger partial charge in [-0.15, -0.1) is 0 Å². The molecule has 0 aromatic carbocycles. The number of ketones is 1. The minimum absolute atomic E-state index is 0.182. The molecule has 0 radical (unpaired) electrons. The molecule has 0 saturated carbocycles. The number of hydrogen-bond acceptors (Lipinski definition) is 2. The van der Waals surface area contributed by atoms with E-state index in [2.05, 4.69) is 52.1 Å². The maximum Gasteiger partial charge on any atom is 0.192 e. The monoisotopic (exact) mass is 304 g/mol. The third kappa shape index (κ3) is 3.83. The first-order valence-electron chi connectivity index (χ1n) is 7.96. The van der Waals surface area contributed by atoms with Crippen molar-refractivity contribution in [2.45, 2.75) is 64.3 Å². The first kappa shape index (κ1) is 16.4. The van der Waals surface area contributed by atoms with E-state index in [0.29, 0.717) is 0 Å². The highest BCUT2D eigenvalue weighted by Crippen LogP contribution is 2.38. The molecular weight excluding hydrogens is 276 g/mol. The van der Waals surface area contributed by atoms with E-state index < -0.39 is 8.32 Å². The Morgan fingerprint density at radius 1 is 1.14 bits per heavy atom. The van der Waals surface area contributed by atoms with Gasteiger partial charge in [0.15, 0.2) is 14.1 Å². The van der Waals surface area contributed by atoms with Crippen LogP contribution in [0.5, 0.6) is 0 Å². The smallest absolute Gasteiger partial charge is 0.192 e. The largest absolute Gasteiger partial charge is 0.413 e. The van der Waals surface area contributed by atoms with Gasteiger partial charge in [-0.05, 0) is 43.5 Å². The normalized spacial score (nSPS) is 30.9. The van der Waals surface area contributed by atoms with Crippen LogP contribution in [0.4, 0.5) is 0 Å². The van der Waals surface area contributed by atoms with Gasteiger partial charge in [0.25, 0.3) is 0 Å². The summed E-state index contributed by atoms with van der Waals surface area (Å²) in [6.45, 7) is 11.4. The van der Waals surface area contributed by atoms with E-state index in [1.54, 1.807) is 6.08 Å². The van der Waals surface area contributed by atoms with Crippen molar-refractivity contribution in [3.05, 3.63) is 36.0 Å². The number of carbonyl (C=O) groups is 1. The van der Waals surface area contributed by atoms with Crippen LogP contribution in [0.25, 0.3) is 0 Å². The van der Waals surface area contributed by atoms with Gasteiger partial charge >= 0.3 is 0 Å². The number of allylic oxidation sites excluding steroid dienone is 4. The molecule has 0 heterocycles. The van der Waals surface area contributed by atoms with Crippen LogP contribution < -0.4 is 0 Å². The molecule has 0 aromatic heterocycles. The van der Waals surface area contributed by atoms with Crippen LogP contribution >= 0.6 is 0 Å². The minimum atomic E-state index is -1.76. The molecule has 3 heteroatoms. The minimum Gasteiger partial charge on any atom is -0.413 e. The van der Waals surface area contributed by atoms with Crippen molar-refractivity contribution in [2.75, 3.05) is 0 Å². The molecule has 2 aliphatic carbocycles. The molecule has 0 amide bonds. The zero-order chi connectivity index (χ0) is 15.7. The molecule has 0 saturated heterocycles. The quantitative estimate of drug-likeness (QED) is 0.541. The highest BCUT2D eigenvalue weighted by atomic mass is 28.4. The Labute approximate surface area is 130 Å². The van der Waals surface area contributed by atoms with Crippen molar-refractivity contribution in [3.8, 4) is 0 Å². The molecular formula is C18H28O2Si. The van der Waals surface area contributed by atoms with E-state index >= 15 is 0 Å². The fourth-order valence-corrected chi connectivity index (χ4v) is 3.96. The third-order valence-electron chi connectivity index (χ3n) is 4.99. The van der Waals surface area contributed by atoms with E-state index in [4.69, 9.17) is 4.43 Å². The van der Waals surface area contributed by atoms with Crippen LogP contribution in [0.1, 0.15) is 40.0 Å². The first-order valence-corrected chi connectivity index (χ1v) is 10.9. The van der Waals surface area contributed by atoms with E-state index in [1.807, 2.05) is 6.08 Å². The molecule has 2 aliphatic rings. The second kappa shape index (κ2) is 6.05. The number of rotatable bonds is 2. The van der Waals surface area contributed by atoms with E-state index in [-0.39, 0.29) is 22.8 Å². The Kier molecular flexibility index (Phi) is 4.74. The second-order valence-electron chi connectivity index (χ2n) is 7.67. The maximum atomic E-state index is 11.9. The summed E-state index contributed by atoms with van der Waals surface area (Å²) in [7, 11) is -1.76. The standard InChI is InChI=1S/C18H28O2Si/c1-18(2,3)21(4,5)20-15-9-7-6-8-14-10-13-17(19)16(14)12-11-15/h6-7,10,12-15H,8-9,11H2,1-5H3/b7-6-,16-12+/t14-,15?/m0/s1. The molecule has 2 rings (SSSR count). The molecule has 21 heavy (non-hydrogen) atoms. The van der Waals surface area contributed by atoms with Gasteiger partial charge < -0.3 is 4.43 Å². The Morgan fingerprint density at radius 3 is 2.48 bits per heavy atom. The van der Waals surface area contributed by atoms with Crippen molar-refractivity contribution in [1.82, 2.24) is 0 Å². The SMILES string of the molecule is CC(C)(C)[Si](C)(C)OC1C/C=C\C[C@H]2C=CC(=O)/C2=C/C1. The van der Waals surface area contributed by atoms with Gasteiger partial charge in [-0.1, -0.05) is 45.1 Å². The summed E-state index contributed by atoms with van der Waals surface area (Å²) in [6.07, 6.45) is 13.2. The van der Waals surface area contributed by atoms with Gasteiger partial charge in [0, 0.05) is 11.5 Å². The lowest BCUT2D eigenvalue weighted by atomic mass is 9.97. The van der Waals surface area contributed by atoms with Gasteiger partial charge in [-0.2, -0.15) is 0 Å². The summed E-state index contributed by atoms with van der Waals surface area (Å²) >= 11 is 0. The maximum absolute atomic E-state index is 11.9. The fraction of sp³-hybridized carbons (Fsp3) is 0.611. The average Bonchev–Trinajstić information content (AvgIpc) is 2.73. The summed E-state index contributed by atoms with van der Waals surface area (Å²) in [6, 6.07) is 0. The molecule has 0 N–H and O–H groups in total. The Balaban J connectivity index is 2.13. The summed E-state index contributed by atoms with van der Waals surface area (Å²) in [5, 5.41) is 0.218. The number of fused-ring (bicyclic) bond motifs is 1. The molecule has 0 aromatic rings. The molecule has 0 bridgehead atoms. The lowest BCUT2D eigenvalue weighted by Gasteiger charge is -2.39. The zero-order valence-electron chi connectivity index (χ0n) is 14.0. The van der Waals surface area contributed by atoms with Crippen LogP contribution in [0, 0.1) is 5.92 Å². The van der Waals surface area contributed by atoms with Crippen molar-refractivity contribution in [1.29, 1.82) is 0 Å². The van der Waals surface area contributed by atoms with Crippen LogP contribution in [0.2, 0.25) is 18.1 Å². The van der Waals surface area contributed by atoms with Crippen molar-refractivity contribution in [2.24, 2.45) is 5.92 Å². The highest BCUT2D eigenvalue weighted by molar-refractivity contribution is 6.74. The van der Waals surface area contributed by atoms with Crippen molar-refractivity contribution >= 4 is 14.1 Å². The predicted molar refractivity (Wildman–Crippen MR) is 90.8 cm³/mol. The van der Waals surface area contributed by atoms with Crippen LogP contribution in [0.3, 0.4) is 0 Å². The summed E-state index contributed by atoms with van der Waals surface area (Å²) in [4.78, 5) is 11.9. The summed E-state index contributed by atoms with van der Waals surface area (Å²) < 4.78 is 6.53. The molecule has 0 spiro atoms. The summed E-state index contributed by atoms with van der Waals surface area (Å²) in [5.41, 5.74) is 0.963. The van der Waals surface area contributed by atoms with Gasteiger partial charge in [-0.3, -0.25) is 4.79 Å². The van der Waals surface area contributed by atoms with Crippen LogP contribution in [-0.4, -0.2) is 20.2 Å². The Morgan fingerprint density at radius 2 is 1.81 bits per heavy atom. The lowest BCUT2D eigenvalue weighted by Crippen LogP contribution is -2.43. The zero-order valence-corrected chi connectivity index (χ0v) is 15.0.